The fourth-order valence-corrected chi connectivity index (χ4v) is 11.9. The first kappa shape index (κ1) is 101. The summed E-state index contributed by atoms with van der Waals surface area (Å²) in [5.41, 5.74) is 0. The van der Waals surface area contributed by atoms with Crippen molar-refractivity contribution in [1.82, 2.24) is 0 Å². The number of allylic oxidation sites excluding steroid dienone is 26. The van der Waals surface area contributed by atoms with E-state index in [0.717, 1.165) is 180 Å². The Balaban J connectivity index is 5.45. The Morgan fingerprint density at radius 3 is 0.821 bits per heavy atom. The lowest BCUT2D eigenvalue weighted by Crippen LogP contribution is -2.30. The monoisotopic (exact) mass is 1520 g/mol. The maximum Gasteiger partial charge on any atom is 0.472 e. The van der Waals surface area contributed by atoms with E-state index in [4.69, 9.17) is 37.0 Å². The van der Waals surface area contributed by atoms with Gasteiger partial charge in [-0.1, -0.05) is 276 Å². The van der Waals surface area contributed by atoms with Gasteiger partial charge in [0.1, 0.15) is 19.3 Å². The number of hydrogen-bond acceptors (Lipinski definition) is 15. The Kier molecular flexibility index (Phi) is 73.9. The highest BCUT2D eigenvalue weighted by molar-refractivity contribution is 7.47. The van der Waals surface area contributed by atoms with Gasteiger partial charge in [-0.15, -0.1) is 0 Å². The molecule has 19 heteroatoms. The number of carbonyl (C=O) groups is 4. The number of unbranched alkanes of at least 4 members (excludes halogenated alkanes) is 23. The van der Waals surface area contributed by atoms with E-state index in [1.54, 1.807) is 0 Å². The summed E-state index contributed by atoms with van der Waals surface area (Å²) in [4.78, 5) is 73.1. The van der Waals surface area contributed by atoms with Crippen molar-refractivity contribution in [2.45, 2.75) is 329 Å². The van der Waals surface area contributed by atoms with Crippen molar-refractivity contribution in [1.29, 1.82) is 0 Å². The summed E-state index contributed by atoms with van der Waals surface area (Å²) in [5.74, 6) is -2.30. The summed E-state index contributed by atoms with van der Waals surface area (Å²) in [6.45, 7) is 4.49. The first-order chi connectivity index (χ1) is 51.7. The molecule has 0 saturated heterocycles. The molecule has 0 aliphatic carbocycles. The van der Waals surface area contributed by atoms with E-state index in [1.807, 2.05) is 12.2 Å². The second-order valence-corrected chi connectivity index (χ2v) is 29.5. The summed E-state index contributed by atoms with van der Waals surface area (Å²) >= 11 is 0. The van der Waals surface area contributed by atoms with E-state index in [2.05, 4.69) is 174 Å². The molecule has 106 heavy (non-hydrogen) atoms. The minimum absolute atomic E-state index is 0.0491. The molecule has 0 aliphatic heterocycles. The molecule has 0 aromatic heterocycles. The third-order valence-electron chi connectivity index (χ3n) is 16.5. The molecule has 3 N–H and O–H groups in total. The molecule has 0 rings (SSSR count). The number of hydrogen-bond donors (Lipinski definition) is 3. The molecule has 0 amide bonds. The van der Waals surface area contributed by atoms with Gasteiger partial charge in [-0.05, 0) is 167 Å². The van der Waals surface area contributed by atoms with Crippen molar-refractivity contribution in [2.24, 2.45) is 0 Å². The summed E-state index contributed by atoms with van der Waals surface area (Å²) in [7, 11) is -10.00. The van der Waals surface area contributed by atoms with Gasteiger partial charge in [0.2, 0.25) is 0 Å². The van der Waals surface area contributed by atoms with Crippen LogP contribution >= 0.6 is 15.6 Å². The number of rotatable bonds is 75. The van der Waals surface area contributed by atoms with Crippen LogP contribution in [0.25, 0.3) is 0 Å². The van der Waals surface area contributed by atoms with Crippen molar-refractivity contribution < 1.29 is 80.2 Å². The summed E-state index contributed by atoms with van der Waals surface area (Å²) in [5, 5.41) is 10.6. The molecule has 0 fully saturated rings. The lowest BCUT2D eigenvalue weighted by Gasteiger charge is -2.21. The van der Waals surface area contributed by atoms with Crippen LogP contribution in [0.4, 0.5) is 0 Å². The molecule has 604 valence electrons. The van der Waals surface area contributed by atoms with Gasteiger partial charge in [-0.3, -0.25) is 37.3 Å². The Bertz CT molecular complexity index is 2630. The van der Waals surface area contributed by atoms with Crippen LogP contribution in [0, 0.1) is 0 Å². The quantitative estimate of drug-likeness (QED) is 0.0169. The van der Waals surface area contributed by atoms with Gasteiger partial charge in [0.05, 0.1) is 26.4 Å². The molecule has 0 saturated carbocycles. The molecular formula is C87H144O17P2. The number of phosphoric ester groups is 2. The van der Waals surface area contributed by atoms with E-state index in [-0.39, 0.29) is 25.7 Å². The third kappa shape index (κ3) is 76.9. The first-order valence-electron chi connectivity index (χ1n) is 40.7. The second-order valence-electron chi connectivity index (χ2n) is 26.6. The molecule has 5 unspecified atom stereocenters. The average molecular weight is 1520 g/mol. The molecule has 0 bridgehead atoms. The number of ether oxygens (including phenoxy) is 4. The van der Waals surface area contributed by atoms with E-state index in [9.17, 15) is 43.2 Å². The van der Waals surface area contributed by atoms with E-state index >= 15 is 0 Å². The topological polar surface area (TPSA) is 237 Å². The number of esters is 4. The highest BCUT2D eigenvalue weighted by Crippen LogP contribution is 2.45. The maximum atomic E-state index is 13.1. The highest BCUT2D eigenvalue weighted by Gasteiger charge is 2.30. The van der Waals surface area contributed by atoms with Crippen molar-refractivity contribution in [3.8, 4) is 0 Å². The van der Waals surface area contributed by atoms with E-state index in [1.165, 1.54) is 44.9 Å². The zero-order chi connectivity index (χ0) is 77.4. The fraction of sp³-hybridized carbons (Fsp3) is 0.655. The van der Waals surface area contributed by atoms with Crippen LogP contribution in [-0.2, 0) is 65.4 Å². The Labute approximate surface area is 642 Å². The van der Waals surface area contributed by atoms with Gasteiger partial charge in [-0.2, -0.15) is 0 Å². The molecule has 0 aromatic carbocycles. The molecule has 17 nitrogen and oxygen atoms in total. The Morgan fingerprint density at radius 1 is 0.274 bits per heavy atom. The lowest BCUT2D eigenvalue weighted by atomic mass is 10.1. The number of phosphoric acid groups is 2. The van der Waals surface area contributed by atoms with Gasteiger partial charge >= 0.3 is 39.5 Å². The van der Waals surface area contributed by atoms with Crippen LogP contribution in [0.2, 0.25) is 0 Å². The van der Waals surface area contributed by atoms with E-state index < -0.39 is 97.5 Å². The predicted molar refractivity (Wildman–Crippen MR) is 436 cm³/mol. The van der Waals surface area contributed by atoms with Gasteiger partial charge < -0.3 is 33.8 Å². The van der Waals surface area contributed by atoms with Crippen molar-refractivity contribution in [3.63, 3.8) is 0 Å². The molecule has 0 aromatic rings. The summed E-state index contributed by atoms with van der Waals surface area (Å²) < 4.78 is 68.6. The molecule has 0 heterocycles. The highest BCUT2D eigenvalue weighted by atomic mass is 31.2. The van der Waals surface area contributed by atoms with Crippen LogP contribution in [-0.4, -0.2) is 96.7 Å². The molecule has 0 aliphatic rings. The number of carbonyl (C=O) groups excluding carboxylic acids is 4. The molecule has 5 atom stereocenters. The minimum atomic E-state index is -5.01. The zero-order valence-electron chi connectivity index (χ0n) is 66.1. The largest absolute Gasteiger partial charge is 0.472 e. The predicted octanol–water partition coefficient (Wildman–Crippen LogP) is 24.0. The van der Waals surface area contributed by atoms with Crippen molar-refractivity contribution in [2.75, 3.05) is 39.6 Å². The SMILES string of the molecule is CC/C=C\C/C=C\C/C=C\C/C=C\C/C=C\CCCC(=O)OCC(COP(=O)(O)OCC(O)COP(=O)(O)OCC(COC(=O)CCCCCCCC/C=C\C/C=C\C/C=C\CCCCC)OC(=O)CCCCCCC/C=C\CCCCCC)OC(=O)CCCCCC/C=C\C/C=C\C/C=C\C/C=C\CC. The van der Waals surface area contributed by atoms with Gasteiger partial charge in [0, 0.05) is 25.7 Å². The van der Waals surface area contributed by atoms with Crippen LogP contribution in [0.15, 0.2) is 158 Å². The number of aliphatic hydroxyl groups excluding tert-OH is 1. The van der Waals surface area contributed by atoms with Gasteiger partial charge in [-0.25, -0.2) is 9.13 Å². The molecule has 0 spiro atoms. The van der Waals surface area contributed by atoms with Crippen LogP contribution < -0.4 is 0 Å². The van der Waals surface area contributed by atoms with Crippen LogP contribution in [0.3, 0.4) is 0 Å². The van der Waals surface area contributed by atoms with Crippen molar-refractivity contribution in [3.05, 3.63) is 158 Å². The van der Waals surface area contributed by atoms with E-state index in [0.29, 0.717) is 32.1 Å². The van der Waals surface area contributed by atoms with Crippen LogP contribution in [0.5, 0.6) is 0 Å². The lowest BCUT2D eigenvalue weighted by molar-refractivity contribution is -0.161. The fourth-order valence-electron chi connectivity index (χ4n) is 10.3. The smallest absolute Gasteiger partial charge is 0.462 e. The minimum Gasteiger partial charge on any atom is -0.462 e. The number of aliphatic hydroxyl groups is 1. The normalized spacial score (nSPS) is 14.7. The standard InChI is InChI=1S/C87H144O17P2/c1-5-9-13-17-21-25-29-33-36-39-40-43-45-49-52-56-60-64-68-72-85(90)97-77-82(103-86(91)73-69-65-61-57-53-47-32-28-24-20-16-12-8-4)79-101-105(93,94)99-75-81(88)76-100-106(95,96)102-80-83(104-87(92)74-70-66-62-58-54-50-46-42-38-35-31-27-23-19-15-11-7-3)78-98-84(89)71-67-63-59-55-51-48-44-41-37-34-30-26-22-18-14-10-6-2/h10-11,14-15,21-23,25-28,32-38,40,43-44,46,48,50,55,59,81-83,88H,5-9,12-13,16-20,24,29-31,39,41-42,45,47,49,51-54,56-58,60-80H2,1-4H3,(H,93,94)(H,95,96)/b14-10-,15-11-,25-21-,26-22-,27-23-,32-28-,36-33-,37-34-,38-35-,43-40-,48-44-,50-46-,59-55-. The maximum absolute atomic E-state index is 13.1. The zero-order valence-corrected chi connectivity index (χ0v) is 67.8. The second kappa shape index (κ2) is 77.8. The van der Waals surface area contributed by atoms with Crippen LogP contribution in [0.1, 0.15) is 310 Å². The van der Waals surface area contributed by atoms with Gasteiger partial charge in [0.15, 0.2) is 12.2 Å². The molecule has 0 radical (unpaired) electrons. The van der Waals surface area contributed by atoms with Crippen molar-refractivity contribution >= 4 is 39.5 Å². The average Bonchev–Trinajstić information content (AvgIpc) is 0.902. The Morgan fingerprint density at radius 2 is 0.500 bits per heavy atom. The summed E-state index contributed by atoms with van der Waals surface area (Å²) in [6, 6.07) is 0. The molecular weight excluding hydrogens is 1380 g/mol. The third-order valence-corrected chi connectivity index (χ3v) is 18.4. The first-order valence-corrected chi connectivity index (χ1v) is 43.7. The Hall–Kier alpha value is -5.32. The van der Waals surface area contributed by atoms with Gasteiger partial charge in [0.25, 0.3) is 0 Å². The summed E-state index contributed by atoms with van der Waals surface area (Å²) in [6.07, 6.45) is 90.8.